The lowest BCUT2D eigenvalue weighted by atomic mass is 10.2. The van der Waals surface area contributed by atoms with Gasteiger partial charge >= 0.3 is 0 Å². The molecule has 0 aliphatic rings. The maximum atomic E-state index is 11.9. The topological polar surface area (TPSA) is 128 Å². The Bertz CT molecular complexity index is 705. The van der Waals surface area contributed by atoms with E-state index in [9.17, 15) is 18.3 Å². The number of carbonyl (C=O) groups excluding carboxylic acids is 1. The third-order valence-corrected chi connectivity index (χ3v) is 3.58. The molecule has 0 saturated heterocycles. The number of sulfonamides is 1. The average Bonchev–Trinajstić information content (AvgIpc) is 2.77. The van der Waals surface area contributed by atoms with Crippen LogP contribution in [0.4, 0.5) is 5.95 Å². The van der Waals surface area contributed by atoms with Crippen LogP contribution in [0, 0.1) is 6.92 Å². The van der Waals surface area contributed by atoms with Gasteiger partial charge in [0.25, 0.3) is 16.0 Å². The Labute approximate surface area is 108 Å². The molecule has 0 aliphatic carbocycles. The molecule has 0 fully saturated rings. The summed E-state index contributed by atoms with van der Waals surface area (Å²) in [5, 5.41) is 15.9. The first-order valence-corrected chi connectivity index (χ1v) is 6.60. The molecule has 1 aromatic carbocycles. The van der Waals surface area contributed by atoms with E-state index in [1.807, 2.05) is 12.0 Å². The number of carboxylic acid groups (broad SMARTS) is 1. The quantitative estimate of drug-likeness (QED) is 0.761. The van der Waals surface area contributed by atoms with Crippen molar-refractivity contribution < 1.29 is 18.3 Å². The zero-order chi connectivity index (χ0) is 14.0. The molecule has 2 rings (SSSR count). The van der Waals surface area contributed by atoms with Crippen molar-refractivity contribution in [2.24, 2.45) is 0 Å². The fourth-order valence-electron chi connectivity index (χ4n) is 1.30. The smallest absolute Gasteiger partial charge is 0.264 e. The summed E-state index contributed by atoms with van der Waals surface area (Å²) in [6.07, 6.45) is 0. The van der Waals surface area contributed by atoms with Crippen LogP contribution in [0.1, 0.15) is 16.2 Å². The monoisotopic (exact) mass is 281 g/mol. The largest absolute Gasteiger partial charge is 0.542 e. The highest BCUT2D eigenvalue weighted by Gasteiger charge is 2.16. The van der Waals surface area contributed by atoms with Crippen LogP contribution in [0.2, 0.25) is 0 Å². The number of hydrogen-bond donors (Lipinski definition) is 2. The predicted octanol–water partition coefficient (Wildman–Crippen LogP) is -0.723. The van der Waals surface area contributed by atoms with Gasteiger partial charge in [0.15, 0.2) is 5.82 Å². The summed E-state index contributed by atoms with van der Waals surface area (Å²) in [4.78, 5) is 13.9. The third-order valence-electron chi connectivity index (χ3n) is 2.24. The molecule has 0 unspecified atom stereocenters. The second-order valence-corrected chi connectivity index (χ2v) is 5.40. The molecule has 0 radical (unpaired) electrons. The van der Waals surface area contributed by atoms with Crippen LogP contribution in [0.15, 0.2) is 29.2 Å². The van der Waals surface area contributed by atoms with Crippen LogP contribution in [0.25, 0.3) is 0 Å². The van der Waals surface area contributed by atoms with Crippen LogP contribution in [0.3, 0.4) is 0 Å². The Balaban J connectivity index is 2.25. The number of carboxylic acids is 1. The maximum Gasteiger partial charge on any atom is 0.264 e. The lowest BCUT2D eigenvalue weighted by Gasteiger charge is -2.04. The van der Waals surface area contributed by atoms with E-state index in [2.05, 4.69) is 14.8 Å². The van der Waals surface area contributed by atoms with Gasteiger partial charge in [-0.3, -0.25) is 5.10 Å². The number of carbonyl (C=O) groups is 1. The molecule has 0 amide bonds. The minimum atomic E-state index is -3.85. The van der Waals surface area contributed by atoms with Gasteiger partial charge in [0.1, 0.15) is 5.97 Å². The third kappa shape index (κ3) is 2.88. The first-order chi connectivity index (χ1) is 8.88. The van der Waals surface area contributed by atoms with E-state index in [4.69, 9.17) is 0 Å². The minimum absolute atomic E-state index is 0.0258. The molecule has 1 heterocycles. The highest BCUT2D eigenvalue weighted by atomic mass is 32.2. The number of aromatic nitrogens is 3. The SMILES string of the molecule is Cc1ccc(S(=O)(=O)Nc2n[nH]c(C(=O)[O-])n2)cc1. The predicted molar refractivity (Wildman–Crippen MR) is 62.7 cm³/mol. The van der Waals surface area contributed by atoms with Crippen molar-refractivity contribution in [2.75, 3.05) is 4.72 Å². The van der Waals surface area contributed by atoms with Gasteiger partial charge in [-0.15, -0.1) is 5.10 Å². The number of H-pyrrole nitrogens is 1. The molecule has 2 aromatic rings. The van der Waals surface area contributed by atoms with E-state index in [1.54, 1.807) is 12.1 Å². The fraction of sp³-hybridized carbons (Fsp3) is 0.100. The van der Waals surface area contributed by atoms with Crippen molar-refractivity contribution in [2.45, 2.75) is 11.8 Å². The van der Waals surface area contributed by atoms with Gasteiger partial charge in [-0.2, -0.15) is 4.98 Å². The molecule has 100 valence electrons. The van der Waals surface area contributed by atoms with E-state index >= 15 is 0 Å². The molecular weight excluding hydrogens is 272 g/mol. The Morgan fingerprint density at radius 1 is 1.32 bits per heavy atom. The Kier molecular flexibility index (Phi) is 3.21. The number of benzene rings is 1. The van der Waals surface area contributed by atoms with Crippen molar-refractivity contribution in [1.82, 2.24) is 15.2 Å². The number of aryl methyl sites for hydroxylation is 1. The fourth-order valence-corrected chi connectivity index (χ4v) is 2.24. The van der Waals surface area contributed by atoms with Crippen LogP contribution >= 0.6 is 0 Å². The number of aromatic carboxylic acids is 1. The summed E-state index contributed by atoms with van der Waals surface area (Å²) in [7, 11) is -3.85. The highest BCUT2D eigenvalue weighted by molar-refractivity contribution is 7.92. The number of anilines is 1. The number of nitrogens with zero attached hydrogens (tertiary/aromatic N) is 2. The minimum Gasteiger partial charge on any atom is -0.542 e. The van der Waals surface area contributed by atoms with Gasteiger partial charge in [-0.25, -0.2) is 13.1 Å². The van der Waals surface area contributed by atoms with E-state index in [1.165, 1.54) is 12.1 Å². The Morgan fingerprint density at radius 2 is 1.95 bits per heavy atom. The molecular formula is C10H9N4O4S-. The first-order valence-electron chi connectivity index (χ1n) is 5.12. The molecule has 8 nitrogen and oxygen atoms in total. The standard InChI is InChI=1S/C10H10N4O4S/c1-6-2-4-7(5-3-6)19(17,18)14-10-11-8(9(15)16)12-13-10/h2-5H,1H3,(H,15,16)(H2,11,12,13,14)/p-1. The molecule has 1 aromatic heterocycles. The van der Waals surface area contributed by atoms with E-state index < -0.39 is 21.8 Å². The van der Waals surface area contributed by atoms with Gasteiger partial charge in [-0.1, -0.05) is 17.7 Å². The summed E-state index contributed by atoms with van der Waals surface area (Å²) in [5.74, 6) is -2.49. The van der Waals surface area contributed by atoms with Gasteiger partial charge in [0, 0.05) is 0 Å². The van der Waals surface area contributed by atoms with Crippen molar-refractivity contribution in [1.29, 1.82) is 0 Å². The van der Waals surface area contributed by atoms with Crippen LogP contribution in [0.5, 0.6) is 0 Å². The van der Waals surface area contributed by atoms with E-state index in [0.29, 0.717) is 0 Å². The molecule has 9 heteroatoms. The van der Waals surface area contributed by atoms with Crippen molar-refractivity contribution in [3.63, 3.8) is 0 Å². The van der Waals surface area contributed by atoms with Gasteiger partial charge < -0.3 is 9.90 Å². The van der Waals surface area contributed by atoms with Crippen molar-refractivity contribution in [3.8, 4) is 0 Å². The molecule has 0 saturated carbocycles. The maximum absolute atomic E-state index is 11.9. The molecule has 0 aliphatic heterocycles. The van der Waals surface area contributed by atoms with Gasteiger partial charge in [-0.05, 0) is 19.1 Å². The molecule has 19 heavy (non-hydrogen) atoms. The van der Waals surface area contributed by atoms with Gasteiger partial charge in [0.05, 0.1) is 4.90 Å². The number of rotatable bonds is 4. The van der Waals surface area contributed by atoms with Crippen molar-refractivity contribution in [3.05, 3.63) is 35.7 Å². The Hall–Kier alpha value is -2.42. The number of hydrogen-bond acceptors (Lipinski definition) is 6. The van der Waals surface area contributed by atoms with Gasteiger partial charge in [0.2, 0.25) is 0 Å². The van der Waals surface area contributed by atoms with Crippen molar-refractivity contribution >= 4 is 21.9 Å². The zero-order valence-electron chi connectivity index (χ0n) is 9.75. The first kappa shape index (κ1) is 13.0. The van der Waals surface area contributed by atoms with Crippen LogP contribution < -0.4 is 9.83 Å². The molecule has 0 atom stereocenters. The number of nitrogens with one attached hydrogen (secondary N) is 2. The second-order valence-electron chi connectivity index (χ2n) is 3.71. The van der Waals surface area contributed by atoms with E-state index in [0.717, 1.165) is 5.56 Å². The van der Waals surface area contributed by atoms with Crippen LogP contribution in [-0.4, -0.2) is 29.6 Å². The lowest BCUT2D eigenvalue weighted by molar-refractivity contribution is -0.256. The molecule has 0 bridgehead atoms. The highest BCUT2D eigenvalue weighted by Crippen LogP contribution is 2.13. The zero-order valence-corrected chi connectivity index (χ0v) is 10.6. The Morgan fingerprint density at radius 3 is 2.47 bits per heavy atom. The normalized spacial score (nSPS) is 11.2. The summed E-state index contributed by atoms with van der Waals surface area (Å²) >= 11 is 0. The summed E-state index contributed by atoms with van der Waals surface area (Å²) in [6.45, 7) is 1.82. The summed E-state index contributed by atoms with van der Waals surface area (Å²) in [5.41, 5.74) is 0.913. The lowest BCUT2D eigenvalue weighted by Crippen LogP contribution is -2.23. The average molecular weight is 281 g/mol. The molecule has 0 spiro atoms. The summed E-state index contributed by atoms with van der Waals surface area (Å²) < 4.78 is 25.9. The van der Waals surface area contributed by atoms with Crippen LogP contribution in [-0.2, 0) is 10.0 Å². The molecule has 2 N–H and O–H groups in total. The van der Waals surface area contributed by atoms with E-state index in [-0.39, 0.29) is 10.8 Å². The number of aromatic amines is 1. The second kappa shape index (κ2) is 4.69. The summed E-state index contributed by atoms with van der Waals surface area (Å²) in [6, 6.07) is 6.12.